The van der Waals surface area contributed by atoms with Crippen LogP contribution in [0.25, 0.3) is 0 Å². The largest absolute Gasteiger partial charge is 0.372 e. The lowest BCUT2D eigenvalue weighted by Crippen LogP contribution is -2.44. The van der Waals surface area contributed by atoms with Crippen molar-refractivity contribution in [3.05, 3.63) is 114 Å². The average molecular weight is 316 g/mol. The van der Waals surface area contributed by atoms with Crippen LogP contribution in [0.3, 0.4) is 0 Å². The van der Waals surface area contributed by atoms with Crippen LogP contribution in [0.4, 0.5) is 0 Å². The van der Waals surface area contributed by atoms with Crippen LogP contribution in [-0.4, -0.2) is 11.0 Å². The van der Waals surface area contributed by atoms with Gasteiger partial charge in [0, 0.05) is 0 Å². The molecule has 3 aromatic rings. The zero-order chi connectivity index (χ0) is 16.8. The van der Waals surface area contributed by atoms with E-state index in [1.54, 1.807) is 55.1 Å². The topological polar surface area (TPSA) is 49.3 Å². The van der Waals surface area contributed by atoms with Gasteiger partial charge in [0.15, 0.2) is 5.60 Å². The van der Waals surface area contributed by atoms with Crippen LogP contribution in [0.15, 0.2) is 91.0 Å². The minimum absolute atomic E-state index is 0.497. The Morgan fingerprint density at radius 1 is 0.750 bits per heavy atom. The second-order valence-electron chi connectivity index (χ2n) is 5.47. The van der Waals surface area contributed by atoms with Crippen LogP contribution in [0, 0.1) is 6.54 Å². The molecule has 24 heavy (non-hydrogen) atoms. The maximum atomic E-state index is 12.8. The summed E-state index contributed by atoms with van der Waals surface area (Å²) in [4.78, 5) is 12.8. The van der Waals surface area contributed by atoms with Crippen molar-refractivity contribution < 1.29 is 9.90 Å². The van der Waals surface area contributed by atoms with E-state index in [1.165, 1.54) is 0 Å². The molecular weight excluding hydrogens is 298 g/mol. The lowest BCUT2D eigenvalue weighted by molar-refractivity contribution is -0.135. The fourth-order valence-corrected chi connectivity index (χ4v) is 2.59. The zero-order valence-electron chi connectivity index (χ0n) is 13.1. The van der Waals surface area contributed by atoms with Crippen molar-refractivity contribution in [3.8, 4) is 0 Å². The SMILES string of the molecule is O=C(N[CH]c1ccccc1)C(O)(c1ccccc1)c1ccccc1. The minimum Gasteiger partial charge on any atom is -0.372 e. The molecule has 3 aromatic carbocycles. The first-order valence-electron chi connectivity index (χ1n) is 7.74. The summed E-state index contributed by atoms with van der Waals surface area (Å²) in [5.41, 5.74) is 0.146. The van der Waals surface area contributed by atoms with Gasteiger partial charge >= 0.3 is 0 Å². The van der Waals surface area contributed by atoms with E-state index in [1.807, 2.05) is 42.5 Å². The van der Waals surface area contributed by atoms with Crippen molar-refractivity contribution in [3.63, 3.8) is 0 Å². The molecule has 1 amide bonds. The average Bonchev–Trinajstić information content (AvgIpc) is 2.67. The molecular formula is C21H18NO2. The van der Waals surface area contributed by atoms with Gasteiger partial charge in [0.2, 0.25) is 0 Å². The third-order valence-corrected chi connectivity index (χ3v) is 3.88. The first kappa shape index (κ1) is 16.0. The fourth-order valence-electron chi connectivity index (χ4n) is 2.59. The summed E-state index contributed by atoms with van der Waals surface area (Å²) in [6.45, 7) is 1.60. The van der Waals surface area contributed by atoms with Crippen LogP contribution >= 0.6 is 0 Å². The molecule has 0 aromatic heterocycles. The van der Waals surface area contributed by atoms with E-state index in [-0.39, 0.29) is 0 Å². The summed E-state index contributed by atoms with van der Waals surface area (Å²) in [6.07, 6.45) is 0. The smallest absolute Gasteiger partial charge is 0.261 e. The molecule has 0 saturated heterocycles. The second-order valence-corrected chi connectivity index (χ2v) is 5.47. The van der Waals surface area contributed by atoms with E-state index in [9.17, 15) is 9.90 Å². The second kappa shape index (κ2) is 7.11. The maximum absolute atomic E-state index is 12.8. The van der Waals surface area contributed by atoms with Gasteiger partial charge in [0.1, 0.15) is 0 Å². The monoisotopic (exact) mass is 316 g/mol. The van der Waals surface area contributed by atoms with E-state index < -0.39 is 11.5 Å². The number of hydrogen-bond acceptors (Lipinski definition) is 2. The number of benzene rings is 3. The summed E-state index contributed by atoms with van der Waals surface area (Å²) in [5, 5.41) is 14.0. The molecule has 0 aliphatic rings. The van der Waals surface area contributed by atoms with Crippen LogP contribution in [0.2, 0.25) is 0 Å². The molecule has 0 aliphatic heterocycles. The first-order chi connectivity index (χ1) is 11.7. The molecule has 3 heteroatoms. The highest BCUT2D eigenvalue weighted by Crippen LogP contribution is 2.30. The van der Waals surface area contributed by atoms with Crippen molar-refractivity contribution in [2.75, 3.05) is 0 Å². The van der Waals surface area contributed by atoms with E-state index in [0.29, 0.717) is 11.1 Å². The van der Waals surface area contributed by atoms with Gasteiger partial charge in [-0.3, -0.25) is 4.79 Å². The Labute approximate surface area is 141 Å². The molecule has 3 rings (SSSR count). The molecule has 0 atom stereocenters. The van der Waals surface area contributed by atoms with Crippen molar-refractivity contribution in [1.82, 2.24) is 5.32 Å². The first-order valence-corrected chi connectivity index (χ1v) is 7.74. The molecule has 0 fully saturated rings. The molecule has 0 aliphatic carbocycles. The van der Waals surface area contributed by atoms with Gasteiger partial charge in [-0.05, 0) is 16.7 Å². The van der Waals surface area contributed by atoms with Gasteiger partial charge in [0.05, 0.1) is 6.54 Å². The molecule has 3 nitrogen and oxygen atoms in total. The van der Waals surface area contributed by atoms with Crippen LogP contribution < -0.4 is 5.32 Å². The van der Waals surface area contributed by atoms with Gasteiger partial charge < -0.3 is 10.4 Å². The number of hydrogen-bond donors (Lipinski definition) is 2. The number of aliphatic hydroxyl groups is 1. The zero-order valence-corrected chi connectivity index (χ0v) is 13.1. The van der Waals surface area contributed by atoms with Crippen molar-refractivity contribution in [1.29, 1.82) is 0 Å². The Kier molecular flexibility index (Phi) is 4.73. The molecule has 0 unspecified atom stereocenters. The van der Waals surface area contributed by atoms with Gasteiger partial charge in [-0.2, -0.15) is 0 Å². The molecule has 0 spiro atoms. The molecule has 0 bridgehead atoms. The maximum Gasteiger partial charge on any atom is 0.261 e. The summed E-state index contributed by atoms with van der Waals surface area (Å²) in [7, 11) is 0. The standard InChI is InChI=1S/C21H18NO2/c23-20(22-16-17-10-4-1-5-11-17)21(24,18-12-6-2-7-13-18)19-14-8-3-9-15-19/h1-16,24H,(H,22,23). The van der Waals surface area contributed by atoms with E-state index >= 15 is 0 Å². The van der Waals surface area contributed by atoms with Gasteiger partial charge in [-0.15, -0.1) is 0 Å². The summed E-state index contributed by atoms with van der Waals surface area (Å²) >= 11 is 0. The highest BCUT2D eigenvalue weighted by molar-refractivity contribution is 5.90. The van der Waals surface area contributed by atoms with Crippen molar-refractivity contribution >= 4 is 5.91 Å². The Morgan fingerprint density at radius 2 is 1.17 bits per heavy atom. The minimum atomic E-state index is -1.76. The van der Waals surface area contributed by atoms with Gasteiger partial charge in [-0.1, -0.05) is 91.0 Å². The molecule has 1 radical (unpaired) electrons. The van der Waals surface area contributed by atoms with Crippen LogP contribution in [0.1, 0.15) is 16.7 Å². The predicted octanol–water partition coefficient (Wildman–Crippen LogP) is 3.25. The summed E-state index contributed by atoms with van der Waals surface area (Å²) < 4.78 is 0. The summed E-state index contributed by atoms with van der Waals surface area (Å²) in [5.74, 6) is -0.497. The molecule has 2 N–H and O–H groups in total. The van der Waals surface area contributed by atoms with Crippen molar-refractivity contribution in [2.24, 2.45) is 0 Å². The Balaban J connectivity index is 1.92. The highest BCUT2D eigenvalue weighted by Gasteiger charge is 2.39. The third-order valence-electron chi connectivity index (χ3n) is 3.88. The van der Waals surface area contributed by atoms with E-state index in [2.05, 4.69) is 5.32 Å². The third kappa shape index (κ3) is 3.21. The van der Waals surface area contributed by atoms with Crippen LogP contribution in [-0.2, 0) is 10.4 Å². The Hall–Kier alpha value is -2.91. The van der Waals surface area contributed by atoms with Gasteiger partial charge in [-0.25, -0.2) is 0 Å². The number of rotatable bonds is 5. The van der Waals surface area contributed by atoms with Crippen molar-refractivity contribution in [2.45, 2.75) is 5.60 Å². The Bertz CT molecular complexity index is 746. The fraction of sp³-hybridized carbons (Fsp3) is 0.0476. The number of carbonyl (C=O) groups excluding carboxylic acids is 1. The number of amides is 1. The highest BCUT2D eigenvalue weighted by atomic mass is 16.3. The van der Waals surface area contributed by atoms with E-state index in [0.717, 1.165) is 5.56 Å². The predicted molar refractivity (Wildman–Crippen MR) is 93.9 cm³/mol. The lowest BCUT2D eigenvalue weighted by Gasteiger charge is -2.28. The normalized spacial score (nSPS) is 11.0. The molecule has 119 valence electrons. The van der Waals surface area contributed by atoms with Crippen LogP contribution in [0.5, 0.6) is 0 Å². The van der Waals surface area contributed by atoms with E-state index in [4.69, 9.17) is 0 Å². The van der Waals surface area contributed by atoms with Gasteiger partial charge in [0.25, 0.3) is 5.91 Å². The number of carbonyl (C=O) groups is 1. The quantitative estimate of drug-likeness (QED) is 0.759. The molecule has 0 saturated carbocycles. The molecule has 0 heterocycles. The summed E-state index contributed by atoms with van der Waals surface area (Å²) in [6, 6.07) is 27.3. The number of nitrogens with one attached hydrogen (secondary N) is 1. The Morgan fingerprint density at radius 3 is 1.62 bits per heavy atom. The lowest BCUT2D eigenvalue weighted by atomic mass is 9.85.